The highest BCUT2D eigenvalue weighted by Gasteiger charge is 2.20. The van der Waals surface area contributed by atoms with Crippen LogP contribution in [-0.4, -0.2) is 39.4 Å². The minimum atomic E-state index is -3.67. The van der Waals surface area contributed by atoms with Crippen molar-refractivity contribution in [1.29, 1.82) is 0 Å². The molecular weight excluding hydrogens is 366 g/mol. The molecular formula is C20H27NO5S. The Bertz CT molecular complexity index is 822. The summed E-state index contributed by atoms with van der Waals surface area (Å²) in [6, 6.07) is 14.8. The maximum atomic E-state index is 9.19. The molecule has 1 saturated heterocycles. The molecule has 1 aliphatic rings. The SMILES string of the molecule is CCc1ccc(COc2ccc(C3CNC3)cc2OC)cc1.CS(=O)(=O)O. The van der Waals surface area contributed by atoms with E-state index < -0.39 is 10.1 Å². The van der Waals surface area contributed by atoms with Crippen molar-refractivity contribution in [3.63, 3.8) is 0 Å². The minimum absolute atomic E-state index is 0.560. The molecule has 27 heavy (non-hydrogen) atoms. The zero-order valence-corrected chi connectivity index (χ0v) is 16.8. The molecule has 0 radical (unpaired) electrons. The fraction of sp³-hybridized carbons (Fsp3) is 0.400. The van der Waals surface area contributed by atoms with Gasteiger partial charge in [0.15, 0.2) is 11.5 Å². The van der Waals surface area contributed by atoms with Crippen LogP contribution in [0.25, 0.3) is 0 Å². The third-order valence-electron chi connectivity index (χ3n) is 4.27. The average molecular weight is 394 g/mol. The molecule has 2 aromatic carbocycles. The van der Waals surface area contributed by atoms with Crippen molar-refractivity contribution in [2.24, 2.45) is 0 Å². The molecule has 1 fully saturated rings. The summed E-state index contributed by atoms with van der Waals surface area (Å²) in [6.45, 7) is 4.82. The highest BCUT2D eigenvalue weighted by Crippen LogP contribution is 2.32. The smallest absolute Gasteiger partial charge is 0.261 e. The van der Waals surface area contributed by atoms with Crippen molar-refractivity contribution in [2.75, 3.05) is 26.5 Å². The molecule has 0 amide bonds. The lowest BCUT2D eigenvalue weighted by Gasteiger charge is -2.28. The first-order valence-electron chi connectivity index (χ1n) is 8.82. The number of rotatable bonds is 6. The Morgan fingerprint density at radius 3 is 2.15 bits per heavy atom. The van der Waals surface area contributed by atoms with E-state index in [2.05, 4.69) is 48.6 Å². The second-order valence-corrected chi connectivity index (χ2v) is 7.92. The zero-order valence-electron chi connectivity index (χ0n) is 15.9. The van der Waals surface area contributed by atoms with Gasteiger partial charge in [-0.05, 0) is 35.2 Å². The summed E-state index contributed by atoms with van der Waals surface area (Å²) < 4.78 is 37.3. The van der Waals surface area contributed by atoms with Crippen LogP contribution in [0.3, 0.4) is 0 Å². The van der Waals surface area contributed by atoms with Gasteiger partial charge in [0.05, 0.1) is 13.4 Å². The van der Waals surface area contributed by atoms with Crippen LogP contribution in [0.4, 0.5) is 0 Å². The van der Waals surface area contributed by atoms with Crippen LogP contribution < -0.4 is 14.8 Å². The molecule has 0 atom stereocenters. The van der Waals surface area contributed by atoms with E-state index in [4.69, 9.17) is 14.0 Å². The summed E-state index contributed by atoms with van der Waals surface area (Å²) in [5.41, 5.74) is 3.83. The first kappa shape index (κ1) is 21.2. The van der Waals surface area contributed by atoms with E-state index in [1.165, 1.54) is 16.7 Å². The van der Waals surface area contributed by atoms with Gasteiger partial charge in [-0.2, -0.15) is 8.42 Å². The van der Waals surface area contributed by atoms with Crippen LogP contribution >= 0.6 is 0 Å². The van der Waals surface area contributed by atoms with E-state index in [1.807, 2.05) is 6.07 Å². The van der Waals surface area contributed by atoms with Crippen LogP contribution in [0, 0.1) is 0 Å². The van der Waals surface area contributed by atoms with Gasteiger partial charge >= 0.3 is 0 Å². The fourth-order valence-corrected chi connectivity index (χ4v) is 2.61. The monoisotopic (exact) mass is 393 g/mol. The molecule has 0 bridgehead atoms. The predicted molar refractivity (Wildman–Crippen MR) is 106 cm³/mol. The highest BCUT2D eigenvalue weighted by atomic mass is 32.2. The Kier molecular flexibility index (Phi) is 7.65. The van der Waals surface area contributed by atoms with Crippen molar-refractivity contribution >= 4 is 10.1 Å². The summed E-state index contributed by atoms with van der Waals surface area (Å²) in [6.07, 6.45) is 1.78. The minimum Gasteiger partial charge on any atom is -0.493 e. The first-order chi connectivity index (χ1) is 12.8. The summed E-state index contributed by atoms with van der Waals surface area (Å²) in [5.74, 6) is 2.22. The Labute approximate surface area is 161 Å². The summed E-state index contributed by atoms with van der Waals surface area (Å²) in [7, 11) is -1.97. The van der Waals surface area contributed by atoms with Crippen molar-refractivity contribution in [3.05, 3.63) is 59.2 Å². The number of hydrogen-bond donors (Lipinski definition) is 2. The van der Waals surface area contributed by atoms with Crippen LogP contribution in [0.1, 0.15) is 29.5 Å². The second-order valence-electron chi connectivity index (χ2n) is 6.46. The van der Waals surface area contributed by atoms with E-state index in [0.29, 0.717) is 18.8 Å². The van der Waals surface area contributed by atoms with Crippen molar-refractivity contribution in [3.8, 4) is 11.5 Å². The van der Waals surface area contributed by atoms with Crippen molar-refractivity contribution < 1.29 is 22.4 Å². The number of hydrogen-bond acceptors (Lipinski definition) is 5. The molecule has 2 N–H and O–H groups in total. The third-order valence-corrected chi connectivity index (χ3v) is 4.27. The molecule has 0 unspecified atom stereocenters. The fourth-order valence-electron chi connectivity index (χ4n) is 2.61. The summed E-state index contributed by atoms with van der Waals surface area (Å²) in [4.78, 5) is 0. The van der Waals surface area contributed by atoms with Gasteiger partial charge in [0.1, 0.15) is 6.61 Å². The maximum absolute atomic E-state index is 9.19. The van der Waals surface area contributed by atoms with Crippen LogP contribution in [-0.2, 0) is 23.1 Å². The Hall–Kier alpha value is -2.09. The Balaban J connectivity index is 0.000000465. The number of aryl methyl sites for hydroxylation is 1. The van der Waals surface area contributed by atoms with E-state index in [0.717, 1.165) is 31.0 Å². The van der Waals surface area contributed by atoms with E-state index in [-0.39, 0.29) is 0 Å². The number of ether oxygens (including phenoxy) is 2. The number of benzene rings is 2. The normalized spacial score (nSPS) is 13.9. The quantitative estimate of drug-likeness (QED) is 0.734. The second kappa shape index (κ2) is 9.73. The van der Waals surface area contributed by atoms with E-state index in [9.17, 15) is 8.42 Å². The lowest BCUT2D eigenvalue weighted by Crippen LogP contribution is -2.39. The molecule has 1 heterocycles. The summed E-state index contributed by atoms with van der Waals surface area (Å²) in [5, 5.41) is 3.30. The average Bonchev–Trinajstić information content (AvgIpc) is 2.58. The first-order valence-corrected chi connectivity index (χ1v) is 10.7. The predicted octanol–water partition coefficient (Wildman–Crippen LogP) is 3.03. The van der Waals surface area contributed by atoms with Gasteiger partial charge in [0.2, 0.25) is 0 Å². The van der Waals surface area contributed by atoms with Gasteiger partial charge in [-0.3, -0.25) is 4.55 Å². The third kappa shape index (κ3) is 7.21. The van der Waals surface area contributed by atoms with Gasteiger partial charge in [-0.1, -0.05) is 37.3 Å². The summed E-state index contributed by atoms with van der Waals surface area (Å²) >= 11 is 0. The van der Waals surface area contributed by atoms with Crippen LogP contribution in [0.2, 0.25) is 0 Å². The van der Waals surface area contributed by atoms with Gasteiger partial charge < -0.3 is 14.8 Å². The highest BCUT2D eigenvalue weighted by molar-refractivity contribution is 7.85. The zero-order chi connectivity index (χ0) is 19.9. The largest absolute Gasteiger partial charge is 0.493 e. The van der Waals surface area contributed by atoms with E-state index >= 15 is 0 Å². The number of methoxy groups -OCH3 is 1. The van der Waals surface area contributed by atoms with E-state index in [1.54, 1.807) is 7.11 Å². The molecule has 0 aliphatic carbocycles. The van der Waals surface area contributed by atoms with Crippen molar-refractivity contribution in [2.45, 2.75) is 25.9 Å². The molecule has 0 aromatic heterocycles. The van der Waals surface area contributed by atoms with Crippen LogP contribution in [0.5, 0.6) is 11.5 Å². The molecule has 2 aromatic rings. The molecule has 3 rings (SSSR count). The van der Waals surface area contributed by atoms with Crippen LogP contribution in [0.15, 0.2) is 42.5 Å². The Morgan fingerprint density at radius 1 is 1.07 bits per heavy atom. The topological polar surface area (TPSA) is 84.9 Å². The molecule has 6 nitrogen and oxygen atoms in total. The lowest BCUT2D eigenvalue weighted by atomic mass is 9.93. The van der Waals surface area contributed by atoms with Crippen molar-refractivity contribution in [1.82, 2.24) is 5.32 Å². The van der Waals surface area contributed by atoms with Gasteiger partial charge in [0.25, 0.3) is 10.1 Å². The molecule has 7 heteroatoms. The van der Waals surface area contributed by atoms with Gasteiger partial charge in [0, 0.05) is 19.0 Å². The maximum Gasteiger partial charge on any atom is 0.261 e. The lowest BCUT2D eigenvalue weighted by molar-refractivity contribution is 0.284. The number of nitrogens with one attached hydrogen (secondary N) is 1. The van der Waals surface area contributed by atoms with Gasteiger partial charge in [-0.15, -0.1) is 0 Å². The Morgan fingerprint density at radius 2 is 1.67 bits per heavy atom. The molecule has 0 saturated carbocycles. The van der Waals surface area contributed by atoms with Gasteiger partial charge in [-0.25, -0.2) is 0 Å². The molecule has 0 spiro atoms. The molecule has 1 aliphatic heterocycles. The standard InChI is InChI=1S/C19H23NO2.CH4O3S/c1-3-14-4-6-15(7-5-14)13-22-18-9-8-16(10-19(18)21-2)17-11-20-12-17;1-5(2,3)4/h4-10,17,20H,3,11-13H2,1-2H3;1H3,(H,2,3,4). The molecule has 148 valence electrons.